The van der Waals surface area contributed by atoms with Crippen molar-refractivity contribution in [3.63, 3.8) is 0 Å². The maximum absolute atomic E-state index is 11.1. The number of nitrogens with one attached hydrogen (secondary N) is 2. The van der Waals surface area contributed by atoms with Crippen LogP contribution in [0.25, 0.3) is 0 Å². The summed E-state index contributed by atoms with van der Waals surface area (Å²) in [5.74, 6) is 0.641. The molecule has 2 N–H and O–H groups in total. The van der Waals surface area contributed by atoms with E-state index in [2.05, 4.69) is 24.5 Å². The van der Waals surface area contributed by atoms with E-state index < -0.39 is 0 Å². The Morgan fingerprint density at radius 2 is 2.00 bits per heavy atom. The predicted molar refractivity (Wildman–Crippen MR) is 82.7 cm³/mol. The van der Waals surface area contributed by atoms with Crippen molar-refractivity contribution in [3.8, 4) is 0 Å². The van der Waals surface area contributed by atoms with E-state index in [0.717, 1.165) is 44.0 Å². The highest BCUT2D eigenvalue weighted by atomic mass is 16.5. The average Bonchev–Trinajstić information content (AvgIpc) is 2.38. The minimum Gasteiger partial charge on any atom is -0.380 e. The number of hydrogen-bond acceptors (Lipinski definition) is 3. The molecule has 0 heterocycles. The lowest BCUT2D eigenvalue weighted by atomic mass is 10.1. The molecule has 0 atom stereocenters. The van der Waals surface area contributed by atoms with Gasteiger partial charge in [0.05, 0.1) is 6.61 Å². The molecule has 0 bridgehead atoms. The summed E-state index contributed by atoms with van der Waals surface area (Å²) in [7, 11) is 0. The second kappa shape index (κ2) is 9.50. The van der Waals surface area contributed by atoms with Crippen molar-refractivity contribution in [3.05, 3.63) is 29.8 Å². The van der Waals surface area contributed by atoms with Crippen LogP contribution in [0, 0.1) is 5.92 Å². The van der Waals surface area contributed by atoms with Crippen LogP contribution in [-0.4, -0.2) is 25.7 Å². The number of para-hydroxylation sites is 1. The molecule has 1 aromatic carbocycles. The van der Waals surface area contributed by atoms with Crippen LogP contribution in [0.4, 0.5) is 5.69 Å². The van der Waals surface area contributed by atoms with Crippen molar-refractivity contribution >= 4 is 11.6 Å². The van der Waals surface area contributed by atoms with Gasteiger partial charge in [0.25, 0.3) is 0 Å². The number of carbonyl (C=O) groups excluding carboxylic acids is 1. The molecule has 0 aromatic heterocycles. The third kappa shape index (κ3) is 7.26. The van der Waals surface area contributed by atoms with Crippen molar-refractivity contribution < 1.29 is 9.53 Å². The number of amides is 1. The van der Waals surface area contributed by atoms with E-state index in [1.165, 1.54) is 6.92 Å². The van der Waals surface area contributed by atoms with E-state index in [-0.39, 0.29) is 5.91 Å². The first-order valence-electron chi connectivity index (χ1n) is 7.23. The first-order valence-corrected chi connectivity index (χ1v) is 7.23. The molecule has 1 amide bonds. The molecule has 1 rings (SSSR count). The van der Waals surface area contributed by atoms with Crippen LogP contribution in [0.3, 0.4) is 0 Å². The molecular weight excluding hydrogens is 252 g/mol. The Hall–Kier alpha value is -1.39. The van der Waals surface area contributed by atoms with E-state index in [9.17, 15) is 4.79 Å². The molecule has 0 saturated carbocycles. The zero-order chi connectivity index (χ0) is 14.8. The third-order valence-corrected chi connectivity index (χ3v) is 2.91. The van der Waals surface area contributed by atoms with Gasteiger partial charge < -0.3 is 15.4 Å². The summed E-state index contributed by atoms with van der Waals surface area (Å²) in [4.78, 5) is 11.1. The quantitative estimate of drug-likeness (QED) is 0.683. The maximum atomic E-state index is 11.1. The number of ether oxygens (including phenoxy) is 1. The summed E-state index contributed by atoms with van der Waals surface area (Å²) < 4.78 is 5.54. The molecule has 112 valence electrons. The highest BCUT2D eigenvalue weighted by Crippen LogP contribution is 2.14. The van der Waals surface area contributed by atoms with Crippen molar-refractivity contribution in [1.82, 2.24) is 5.32 Å². The Labute approximate surface area is 121 Å². The molecule has 1 aromatic rings. The lowest BCUT2D eigenvalue weighted by molar-refractivity contribution is -0.114. The summed E-state index contributed by atoms with van der Waals surface area (Å²) in [6.07, 6.45) is 1.10. The van der Waals surface area contributed by atoms with E-state index in [1.54, 1.807) is 0 Å². The number of hydrogen-bond donors (Lipinski definition) is 2. The fourth-order valence-electron chi connectivity index (χ4n) is 1.77. The minimum atomic E-state index is -0.0468. The Morgan fingerprint density at radius 3 is 2.70 bits per heavy atom. The van der Waals surface area contributed by atoms with Crippen molar-refractivity contribution in [2.24, 2.45) is 5.92 Å². The third-order valence-electron chi connectivity index (χ3n) is 2.91. The first kappa shape index (κ1) is 16.7. The van der Waals surface area contributed by atoms with Crippen LogP contribution in [0.5, 0.6) is 0 Å². The Kier molecular flexibility index (Phi) is 7.92. The van der Waals surface area contributed by atoms with Gasteiger partial charge in [0.2, 0.25) is 5.91 Å². The van der Waals surface area contributed by atoms with E-state index in [4.69, 9.17) is 4.74 Å². The van der Waals surface area contributed by atoms with Crippen LogP contribution < -0.4 is 10.6 Å². The fourth-order valence-corrected chi connectivity index (χ4v) is 1.77. The van der Waals surface area contributed by atoms with Crippen molar-refractivity contribution in [2.45, 2.75) is 33.7 Å². The SMILES string of the molecule is CC(=O)Nc1ccccc1CNCCOCCC(C)C. The zero-order valence-corrected chi connectivity index (χ0v) is 12.7. The molecule has 0 radical (unpaired) electrons. The second-order valence-corrected chi connectivity index (χ2v) is 5.31. The Balaban J connectivity index is 2.23. The molecule has 4 nitrogen and oxygen atoms in total. The van der Waals surface area contributed by atoms with Crippen molar-refractivity contribution in [1.29, 1.82) is 0 Å². The van der Waals surface area contributed by atoms with Crippen LogP contribution in [0.1, 0.15) is 32.8 Å². The van der Waals surface area contributed by atoms with Gasteiger partial charge in [-0.15, -0.1) is 0 Å². The summed E-state index contributed by atoms with van der Waals surface area (Å²) >= 11 is 0. The van der Waals surface area contributed by atoms with Gasteiger partial charge in [-0.3, -0.25) is 4.79 Å². The average molecular weight is 278 g/mol. The van der Waals surface area contributed by atoms with E-state index in [0.29, 0.717) is 5.92 Å². The lowest BCUT2D eigenvalue weighted by Gasteiger charge is -2.11. The Bertz CT molecular complexity index is 405. The fraction of sp³-hybridized carbons (Fsp3) is 0.562. The lowest BCUT2D eigenvalue weighted by Crippen LogP contribution is -2.21. The normalized spacial score (nSPS) is 10.8. The van der Waals surface area contributed by atoms with Gasteiger partial charge in [-0.2, -0.15) is 0 Å². The maximum Gasteiger partial charge on any atom is 0.221 e. The summed E-state index contributed by atoms with van der Waals surface area (Å²) in [5, 5.41) is 6.16. The topological polar surface area (TPSA) is 50.4 Å². The second-order valence-electron chi connectivity index (χ2n) is 5.31. The van der Waals surface area contributed by atoms with E-state index in [1.807, 2.05) is 24.3 Å². The van der Waals surface area contributed by atoms with Gasteiger partial charge in [-0.1, -0.05) is 32.0 Å². The standard InChI is InChI=1S/C16H26N2O2/c1-13(2)8-10-20-11-9-17-12-15-6-4-5-7-16(15)18-14(3)19/h4-7,13,17H,8-12H2,1-3H3,(H,18,19). The number of benzene rings is 1. The molecule has 0 aliphatic heterocycles. The minimum absolute atomic E-state index is 0.0468. The Morgan fingerprint density at radius 1 is 1.25 bits per heavy atom. The predicted octanol–water partition coefficient (Wildman–Crippen LogP) is 2.80. The summed E-state index contributed by atoms with van der Waals surface area (Å²) in [6.45, 7) is 8.99. The van der Waals surface area contributed by atoms with Gasteiger partial charge in [-0.05, 0) is 24.0 Å². The molecule has 0 aliphatic rings. The zero-order valence-electron chi connectivity index (χ0n) is 12.7. The molecule has 0 fully saturated rings. The monoisotopic (exact) mass is 278 g/mol. The molecular formula is C16H26N2O2. The summed E-state index contributed by atoms with van der Waals surface area (Å²) in [5.41, 5.74) is 1.96. The van der Waals surface area contributed by atoms with Crippen LogP contribution >= 0.6 is 0 Å². The molecule has 0 spiro atoms. The number of anilines is 1. The molecule has 0 aliphatic carbocycles. The molecule has 20 heavy (non-hydrogen) atoms. The van der Waals surface area contributed by atoms with Crippen molar-refractivity contribution in [2.75, 3.05) is 25.1 Å². The molecule has 4 heteroatoms. The van der Waals surface area contributed by atoms with Gasteiger partial charge in [0.1, 0.15) is 0 Å². The van der Waals surface area contributed by atoms with Gasteiger partial charge in [0, 0.05) is 32.3 Å². The van der Waals surface area contributed by atoms with Crippen LogP contribution in [0.2, 0.25) is 0 Å². The van der Waals surface area contributed by atoms with Gasteiger partial charge in [-0.25, -0.2) is 0 Å². The summed E-state index contributed by atoms with van der Waals surface area (Å²) in [6, 6.07) is 7.82. The van der Waals surface area contributed by atoms with Crippen LogP contribution in [0.15, 0.2) is 24.3 Å². The first-order chi connectivity index (χ1) is 9.59. The largest absolute Gasteiger partial charge is 0.380 e. The highest BCUT2D eigenvalue weighted by Gasteiger charge is 2.02. The van der Waals surface area contributed by atoms with Gasteiger partial charge in [0.15, 0.2) is 0 Å². The molecule has 0 unspecified atom stereocenters. The van der Waals surface area contributed by atoms with E-state index >= 15 is 0 Å². The van der Waals surface area contributed by atoms with Crippen LogP contribution in [-0.2, 0) is 16.1 Å². The molecule has 0 saturated heterocycles. The number of rotatable bonds is 9. The highest BCUT2D eigenvalue weighted by molar-refractivity contribution is 5.89. The van der Waals surface area contributed by atoms with Gasteiger partial charge >= 0.3 is 0 Å². The number of carbonyl (C=O) groups is 1. The smallest absolute Gasteiger partial charge is 0.221 e.